The van der Waals surface area contributed by atoms with Crippen LogP contribution in [0, 0.1) is 0 Å². The van der Waals surface area contributed by atoms with Crippen LogP contribution in [-0.2, 0) is 14.3 Å². The van der Waals surface area contributed by atoms with Crippen LogP contribution in [0.5, 0.6) is 0 Å². The molecule has 1 atom stereocenters. The van der Waals surface area contributed by atoms with Crippen LogP contribution >= 0.6 is 0 Å². The molecule has 0 aromatic carbocycles. The fraction of sp³-hybridized carbons (Fsp3) is 0.909. The quantitative estimate of drug-likeness (QED) is 0.791. The second kappa shape index (κ2) is 5.05. The molecule has 1 aliphatic heterocycles. The molecule has 1 N–H and O–H groups in total. The summed E-state index contributed by atoms with van der Waals surface area (Å²) >= 11 is 0. The first-order valence-corrected chi connectivity index (χ1v) is 5.64. The number of carbonyl (C=O) groups excluding carboxylic acids is 1. The van der Waals surface area contributed by atoms with E-state index in [1.807, 2.05) is 0 Å². The predicted octanol–water partition coefficient (Wildman–Crippen LogP) is 1.64. The highest BCUT2D eigenvalue weighted by Gasteiger charge is 2.48. The van der Waals surface area contributed by atoms with E-state index in [1.54, 1.807) is 13.8 Å². The lowest BCUT2D eigenvalue weighted by Crippen LogP contribution is -2.61. The maximum absolute atomic E-state index is 12.3. The van der Waals surface area contributed by atoms with E-state index in [9.17, 15) is 18.0 Å². The number of carbonyl (C=O) groups is 1. The number of halogens is 3. The molecule has 4 nitrogen and oxygen atoms in total. The lowest BCUT2D eigenvalue weighted by atomic mass is 9.81. The van der Waals surface area contributed by atoms with E-state index in [0.717, 1.165) is 0 Å². The fourth-order valence-corrected chi connectivity index (χ4v) is 2.23. The van der Waals surface area contributed by atoms with Gasteiger partial charge in [0.2, 0.25) is 0 Å². The molecule has 18 heavy (non-hydrogen) atoms. The Kier molecular flexibility index (Phi) is 4.27. The van der Waals surface area contributed by atoms with Gasteiger partial charge >= 0.3 is 12.1 Å². The number of rotatable bonds is 3. The summed E-state index contributed by atoms with van der Waals surface area (Å²) in [7, 11) is 1.17. The second-order valence-corrected chi connectivity index (χ2v) is 5.08. The summed E-state index contributed by atoms with van der Waals surface area (Å²) in [6.07, 6.45) is -4.06. The summed E-state index contributed by atoms with van der Waals surface area (Å²) in [5.74, 6) is -0.678. The number of ether oxygens (including phenoxy) is 2. The minimum Gasteiger partial charge on any atom is -0.468 e. The molecule has 1 heterocycles. The van der Waals surface area contributed by atoms with E-state index in [2.05, 4.69) is 10.1 Å². The van der Waals surface area contributed by atoms with Crippen molar-refractivity contribution in [3.63, 3.8) is 0 Å². The minimum atomic E-state index is -4.37. The van der Waals surface area contributed by atoms with Crippen LogP contribution in [-0.4, -0.2) is 43.5 Å². The normalized spacial score (nSPS) is 27.9. The molecule has 1 aliphatic rings. The van der Waals surface area contributed by atoms with E-state index in [1.165, 1.54) is 7.11 Å². The Hall–Kier alpha value is -0.820. The lowest BCUT2D eigenvalue weighted by Gasteiger charge is -2.43. The number of methoxy groups -OCH3 is 1. The molecule has 1 fully saturated rings. The van der Waals surface area contributed by atoms with Gasteiger partial charge in [0.05, 0.1) is 19.3 Å². The predicted molar refractivity (Wildman–Crippen MR) is 58.1 cm³/mol. The Labute approximate surface area is 104 Å². The summed E-state index contributed by atoms with van der Waals surface area (Å²) in [5, 5.41) is 2.30. The zero-order valence-electron chi connectivity index (χ0n) is 10.7. The van der Waals surface area contributed by atoms with Gasteiger partial charge in [-0.25, -0.2) is 0 Å². The molecule has 106 valence electrons. The highest BCUT2D eigenvalue weighted by molar-refractivity contribution is 5.81. The summed E-state index contributed by atoms with van der Waals surface area (Å²) in [5.41, 5.74) is -1.99. The first-order valence-electron chi connectivity index (χ1n) is 5.64. The van der Waals surface area contributed by atoms with Crippen molar-refractivity contribution < 1.29 is 27.4 Å². The van der Waals surface area contributed by atoms with E-state index in [4.69, 9.17) is 4.74 Å². The van der Waals surface area contributed by atoms with Crippen molar-refractivity contribution in [2.24, 2.45) is 0 Å². The zero-order chi connectivity index (χ0) is 14.0. The van der Waals surface area contributed by atoms with Gasteiger partial charge in [0, 0.05) is 13.0 Å². The van der Waals surface area contributed by atoms with Crippen molar-refractivity contribution in [2.75, 3.05) is 20.3 Å². The van der Waals surface area contributed by atoms with Gasteiger partial charge in [0.25, 0.3) is 0 Å². The van der Waals surface area contributed by atoms with E-state index in [0.29, 0.717) is 0 Å². The molecule has 0 aromatic rings. The van der Waals surface area contributed by atoms with Crippen molar-refractivity contribution in [3.8, 4) is 0 Å². The lowest BCUT2D eigenvalue weighted by molar-refractivity contribution is -0.168. The molecule has 0 amide bonds. The van der Waals surface area contributed by atoms with Crippen molar-refractivity contribution in [1.29, 1.82) is 0 Å². The molecule has 0 saturated carbocycles. The molecule has 0 bridgehead atoms. The van der Waals surface area contributed by atoms with Crippen molar-refractivity contribution in [2.45, 2.75) is 44.0 Å². The third-order valence-electron chi connectivity index (χ3n) is 2.95. The Balaban J connectivity index is 2.86. The number of hydrogen-bond acceptors (Lipinski definition) is 4. The van der Waals surface area contributed by atoms with Crippen LogP contribution in [0.2, 0.25) is 0 Å². The van der Waals surface area contributed by atoms with Gasteiger partial charge in [-0.3, -0.25) is 10.1 Å². The third kappa shape index (κ3) is 3.84. The highest BCUT2D eigenvalue weighted by atomic mass is 19.4. The number of nitrogens with one attached hydrogen (secondary N) is 1. The molecule has 1 rings (SSSR count). The van der Waals surface area contributed by atoms with Crippen molar-refractivity contribution >= 4 is 5.97 Å². The SMILES string of the molecule is COC(=O)C1(NCC(F)(F)F)CCOC(C)(C)C1. The molecule has 0 aliphatic carbocycles. The zero-order valence-corrected chi connectivity index (χ0v) is 10.7. The number of hydrogen-bond donors (Lipinski definition) is 1. The molecular formula is C11H18F3NO3. The van der Waals surface area contributed by atoms with E-state index >= 15 is 0 Å². The highest BCUT2D eigenvalue weighted by Crippen LogP contribution is 2.33. The van der Waals surface area contributed by atoms with Gasteiger partial charge in [-0.15, -0.1) is 0 Å². The van der Waals surface area contributed by atoms with Crippen LogP contribution < -0.4 is 5.32 Å². The molecule has 0 aromatic heterocycles. The largest absolute Gasteiger partial charge is 0.468 e. The van der Waals surface area contributed by atoms with Crippen molar-refractivity contribution in [1.82, 2.24) is 5.32 Å². The average Bonchev–Trinajstić information content (AvgIpc) is 2.23. The van der Waals surface area contributed by atoms with Crippen LogP contribution in [0.1, 0.15) is 26.7 Å². The monoisotopic (exact) mass is 269 g/mol. The Bertz CT molecular complexity index is 317. The Morgan fingerprint density at radius 2 is 2.06 bits per heavy atom. The molecule has 0 radical (unpaired) electrons. The van der Waals surface area contributed by atoms with Crippen molar-refractivity contribution in [3.05, 3.63) is 0 Å². The maximum Gasteiger partial charge on any atom is 0.401 e. The van der Waals surface area contributed by atoms with Gasteiger partial charge in [-0.05, 0) is 20.3 Å². The first kappa shape index (κ1) is 15.2. The summed E-state index contributed by atoms with van der Waals surface area (Å²) in [4.78, 5) is 11.8. The smallest absolute Gasteiger partial charge is 0.401 e. The summed E-state index contributed by atoms with van der Waals surface area (Å²) < 4.78 is 46.9. The molecule has 0 spiro atoms. The average molecular weight is 269 g/mol. The summed E-state index contributed by atoms with van der Waals surface area (Å²) in [6, 6.07) is 0. The Morgan fingerprint density at radius 1 is 1.44 bits per heavy atom. The second-order valence-electron chi connectivity index (χ2n) is 5.08. The van der Waals surface area contributed by atoms with Crippen LogP contribution in [0.3, 0.4) is 0 Å². The number of alkyl halides is 3. The molecule has 1 unspecified atom stereocenters. The Morgan fingerprint density at radius 3 is 2.50 bits per heavy atom. The van der Waals surface area contributed by atoms with E-state index < -0.39 is 29.8 Å². The maximum atomic E-state index is 12.3. The van der Waals surface area contributed by atoms with Gasteiger partial charge < -0.3 is 9.47 Å². The van der Waals surface area contributed by atoms with Crippen LogP contribution in [0.15, 0.2) is 0 Å². The fourth-order valence-electron chi connectivity index (χ4n) is 2.23. The van der Waals surface area contributed by atoms with Gasteiger partial charge in [0.1, 0.15) is 5.54 Å². The molecule has 7 heteroatoms. The van der Waals surface area contributed by atoms with Gasteiger partial charge in [-0.2, -0.15) is 13.2 Å². The molecular weight excluding hydrogens is 251 g/mol. The minimum absolute atomic E-state index is 0.142. The van der Waals surface area contributed by atoms with Crippen LogP contribution in [0.25, 0.3) is 0 Å². The molecule has 1 saturated heterocycles. The van der Waals surface area contributed by atoms with Gasteiger partial charge in [0.15, 0.2) is 0 Å². The van der Waals surface area contributed by atoms with Gasteiger partial charge in [-0.1, -0.05) is 0 Å². The standard InChI is InChI=1S/C11H18F3NO3/c1-9(2)6-10(4-5-18-9,8(16)17-3)15-7-11(12,13)14/h15H,4-7H2,1-3H3. The summed E-state index contributed by atoms with van der Waals surface area (Å²) in [6.45, 7) is 2.46. The number of esters is 1. The van der Waals surface area contributed by atoms with Crippen LogP contribution in [0.4, 0.5) is 13.2 Å². The topological polar surface area (TPSA) is 47.6 Å². The van der Waals surface area contributed by atoms with E-state index in [-0.39, 0.29) is 19.4 Å². The first-order chi connectivity index (χ1) is 8.10. The third-order valence-corrected chi connectivity index (χ3v) is 2.95.